The van der Waals surface area contributed by atoms with Crippen molar-refractivity contribution in [3.63, 3.8) is 0 Å². The normalized spacial score (nSPS) is 10.5. The Morgan fingerprint density at radius 2 is 1.79 bits per heavy atom. The third kappa shape index (κ3) is 5.00. The van der Waals surface area contributed by atoms with E-state index in [1.54, 1.807) is 18.1 Å². The largest absolute Gasteiger partial charge is 0.496 e. The van der Waals surface area contributed by atoms with Gasteiger partial charge in [-0.1, -0.05) is 42.8 Å². The summed E-state index contributed by atoms with van der Waals surface area (Å²) in [6.45, 7) is 2.62. The van der Waals surface area contributed by atoms with Crippen molar-refractivity contribution in [1.29, 1.82) is 0 Å². The van der Waals surface area contributed by atoms with Gasteiger partial charge in [-0.15, -0.1) is 0 Å². The molecule has 2 aromatic rings. The van der Waals surface area contributed by atoms with Crippen LogP contribution in [0.1, 0.15) is 30.0 Å². The highest BCUT2D eigenvalue weighted by Crippen LogP contribution is 2.24. The maximum Gasteiger partial charge on any atom is 0.222 e. The van der Waals surface area contributed by atoms with Crippen molar-refractivity contribution < 1.29 is 9.53 Å². The quantitative estimate of drug-likeness (QED) is 0.739. The van der Waals surface area contributed by atoms with Crippen LogP contribution in [0, 0.1) is 0 Å². The molecule has 0 radical (unpaired) electrons. The van der Waals surface area contributed by atoms with Crippen molar-refractivity contribution in [1.82, 2.24) is 4.90 Å². The van der Waals surface area contributed by atoms with Crippen molar-refractivity contribution in [3.05, 3.63) is 64.2 Å². The van der Waals surface area contributed by atoms with Crippen LogP contribution in [-0.2, 0) is 24.2 Å². The van der Waals surface area contributed by atoms with Crippen LogP contribution in [0.3, 0.4) is 0 Å². The zero-order chi connectivity index (χ0) is 17.5. The molecular weight excluding hydrogens is 322 g/mol. The molecule has 1 amide bonds. The van der Waals surface area contributed by atoms with Crippen LogP contribution in [0.2, 0.25) is 5.02 Å². The first kappa shape index (κ1) is 18.3. The summed E-state index contributed by atoms with van der Waals surface area (Å²) in [5.74, 6) is 0.853. The molecule has 0 saturated heterocycles. The number of ether oxygens (including phenoxy) is 1. The van der Waals surface area contributed by atoms with Gasteiger partial charge >= 0.3 is 0 Å². The Labute approximate surface area is 149 Å². The molecular formula is C20H24ClNO2. The van der Waals surface area contributed by atoms with Gasteiger partial charge < -0.3 is 9.64 Å². The second kappa shape index (κ2) is 8.74. The lowest BCUT2D eigenvalue weighted by atomic mass is 10.1. The van der Waals surface area contributed by atoms with E-state index in [0.717, 1.165) is 24.2 Å². The van der Waals surface area contributed by atoms with Crippen molar-refractivity contribution in [2.24, 2.45) is 0 Å². The summed E-state index contributed by atoms with van der Waals surface area (Å²) in [7, 11) is 3.43. The van der Waals surface area contributed by atoms with E-state index < -0.39 is 0 Å². The molecule has 0 atom stereocenters. The van der Waals surface area contributed by atoms with E-state index in [9.17, 15) is 4.79 Å². The molecule has 0 saturated carbocycles. The van der Waals surface area contributed by atoms with Gasteiger partial charge in [0.25, 0.3) is 0 Å². The van der Waals surface area contributed by atoms with Gasteiger partial charge in [0, 0.05) is 30.6 Å². The fourth-order valence-electron chi connectivity index (χ4n) is 2.60. The second-order valence-corrected chi connectivity index (χ2v) is 6.31. The van der Waals surface area contributed by atoms with Crippen LogP contribution in [-0.4, -0.2) is 25.0 Å². The fourth-order valence-corrected chi connectivity index (χ4v) is 2.79. The van der Waals surface area contributed by atoms with Gasteiger partial charge in [-0.3, -0.25) is 4.79 Å². The molecule has 0 aliphatic heterocycles. The first-order chi connectivity index (χ1) is 11.5. The summed E-state index contributed by atoms with van der Waals surface area (Å²) < 4.78 is 5.34. The number of amides is 1. The number of methoxy groups -OCH3 is 1. The second-order valence-electron chi connectivity index (χ2n) is 5.88. The van der Waals surface area contributed by atoms with Crippen LogP contribution in [0.5, 0.6) is 5.75 Å². The Kier molecular flexibility index (Phi) is 6.68. The van der Waals surface area contributed by atoms with Crippen LogP contribution in [0.15, 0.2) is 42.5 Å². The van der Waals surface area contributed by atoms with E-state index in [2.05, 4.69) is 31.2 Å². The lowest BCUT2D eigenvalue weighted by Gasteiger charge is -2.19. The summed E-state index contributed by atoms with van der Waals surface area (Å²) in [5.41, 5.74) is 3.41. The number of rotatable bonds is 7. The molecule has 24 heavy (non-hydrogen) atoms. The summed E-state index contributed by atoms with van der Waals surface area (Å²) in [4.78, 5) is 14.1. The molecule has 0 fully saturated rings. The number of hydrogen-bond donors (Lipinski definition) is 0. The minimum atomic E-state index is 0.108. The Bertz CT molecular complexity index is 683. The van der Waals surface area contributed by atoms with E-state index in [0.29, 0.717) is 18.0 Å². The summed E-state index contributed by atoms with van der Waals surface area (Å²) in [5, 5.41) is 0.641. The standard InChI is InChI=1S/C20H24ClNO2/c1-4-15-5-7-16(8-6-15)9-12-20(23)22(2)14-17-13-18(21)10-11-19(17)24-3/h5-8,10-11,13H,4,9,12,14H2,1-3H3. The molecule has 0 heterocycles. The molecule has 2 rings (SSSR count). The zero-order valence-electron chi connectivity index (χ0n) is 14.5. The molecule has 0 spiro atoms. The molecule has 3 nitrogen and oxygen atoms in total. The molecule has 0 aliphatic rings. The van der Waals surface area contributed by atoms with Gasteiger partial charge in [-0.05, 0) is 42.2 Å². The first-order valence-electron chi connectivity index (χ1n) is 8.17. The van der Waals surface area contributed by atoms with Crippen LogP contribution in [0.25, 0.3) is 0 Å². The lowest BCUT2D eigenvalue weighted by molar-refractivity contribution is -0.130. The van der Waals surface area contributed by atoms with Crippen molar-refractivity contribution in [2.45, 2.75) is 32.7 Å². The maximum absolute atomic E-state index is 12.4. The van der Waals surface area contributed by atoms with E-state index in [4.69, 9.17) is 16.3 Å². The van der Waals surface area contributed by atoms with Gasteiger partial charge in [0.2, 0.25) is 5.91 Å². The molecule has 4 heteroatoms. The highest BCUT2D eigenvalue weighted by molar-refractivity contribution is 6.30. The number of carbonyl (C=O) groups is 1. The Morgan fingerprint density at radius 1 is 1.12 bits per heavy atom. The van der Waals surface area contributed by atoms with Crippen molar-refractivity contribution in [2.75, 3.05) is 14.2 Å². The lowest BCUT2D eigenvalue weighted by Crippen LogP contribution is -2.26. The summed E-state index contributed by atoms with van der Waals surface area (Å²) in [6.07, 6.45) is 2.27. The van der Waals surface area contributed by atoms with E-state index in [1.807, 2.05) is 19.2 Å². The Balaban J connectivity index is 1.93. The van der Waals surface area contributed by atoms with E-state index >= 15 is 0 Å². The van der Waals surface area contributed by atoms with Crippen LogP contribution < -0.4 is 4.74 Å². The number of nitrogens with zero attached hydrogens (tertiary/aromatic N) is 1. The number of benzene rings is 2. The minimum Gasteiger partial charge on any atom is -0.496 e. The monoisotopic (exact) mass is 345 g/mol. The SMILES string of the molecule is CCc1ccc(CCC(=O)N(C)Cc2cc(Cl)ccc2OC)cc1. The van der Waals surface area contributed by atoms with Crippen molar-refractivity contribution >= 4 is 17.5 Å². The number of halogens is 1. The minimum absolute atomic E-state index is 0.108. The number of hydrogen-bond acceptors (Lipinski definition) is 2. The average Bonchev–Trinajstić information content (AvgIpc) is 2.60. The number of aryl methyl sites for hydroxylation is 2. The molecule has 128 valence electrons. The van der Waals surface area contributed by atoms with Gasteiger partial charge in [0.05, 0.1) is 7.11 Å². The highest BCUT2D eigenvalue weighted by atomic mass is 35.5. The highest BCUT2D eigenvalue weighted by Gasteiger charge is 2.12. The van der Waals surface area contributed by atoms with Crippen LogP contribution in [0.4, 0.5) is 0 Å². The van der Waals surface area contributed by atoms with Crippen molar-refractivity contribution in [3.8, 4) is 5.75 Å². The topological polar surface area (TPSA) is 29.5 Å². The Morgan fingerprint density at radius 3 is 2.42 bits per heavy atom. The smallest absolute Gasteiger partial charge is 0.222 e. The van der Waals surface area contributed by atoms with Crippen LogP contribution >= 0.6 is 11.6 Å². The number of carbonyl (C=O) groups excluding carboxylic acids is 1. The molecule has 2 aromatic carbocycles. The summed E-state index contributed by atoms with van der Waals surface area (Å²) >= 11 is 6.04. The summed E-state index contributed by atoms with van der Waals surface area (Å²) in [6, 6.07) is 13.9. The predicted molar refractivity (Wildman–Crippen MR) is 98.6 cm³/mol. The fraction of sp³-hybridized carbons (Fsp3) is 0.350. The predicted octanol–water partition coefficient (Wildman–Crippen LogP) is 4.50. The van der Waals surface area contributed by atoms with Gasteiger partial charge in [0.1, 0.15) is 5.75 Å². The maximum atomic E-state index is 12.4. The van der Waals surface area contributed by atoms with E-state index in [-0.39, 0.29) is 5.91 Å². The third-order valence-electron chi connectivity index (χ3n) is 4.13. The third-order valence-corrected chi connectivity index (χ3v) is 4.37. The molecule has 0 aliphatic carbocycles. The molecule has 0 bridgehead atoms. The molecule has 0 aromatic heterocycles. The van der Waals surface area contributed by atoms with Gasteiger partial charge in [-0.2, -0.15) is 0 Å². The van der Waals surface area contributed by atoms with Gasteiger partial charge in [-0.25, -0.2) is 0 Å². The van der Waals surface area contributed by atoms with Gasteiger partial charge in [0.15, 0.2) is 0 Å². The van der Waals surface area contributed by atoms with E-state index in [1.165, 1.54) is 11.1 Å². The first-order valence-corrected chi connectivity index (χ1v) is 8.55. The molecule has 0 unspecified atom stereocenters. The zero-order valence-corrected chi connectivity index (χ0v) is 15.3. The molecule has 0 N–H and O–H groups in total. The average molecular weight is 346 g/mol. The Hall–Kier alpha value is -2.00.